The highest BCUT2D eigenvalue weighted by Crippen LogP contribution is 2.22. The predicted octanol–water partition coefficient (Wildman–Crippen LogP) is 1.29. The highest BCUT2D eigenvalue weighted by Gasteiger charge is 2.27. The molecule has 0 saturated heterocycles. The lowest BCUT2D eigenvalue weighted by atomic mass is 10.3. The molecular weight excluding hydrogens is 272 g/mol. The monoisotopic (exact) mass is 285 g/mol. The van der Waals surface area contributed by atoms with Crippen LogP contribution in [0.1, 0.15) is 29.5 Å². The van der Waals surface area contributed by atoms with E-state index in [1.54, 1.807) is 30.2 Å². The summed E-state index contributed by atoms with van der Waals surface area (Å²) in [6.07, 6.45) is 1.99. The maximum atomic E-state index is 13.1. The Balaban J connectivity index is 2.18. The van der Waals surface area contributed by atoms with Gasteiger partial charge in [-0.25, -0.2) is 23.2 Å². The van der Waals surface area contributed by atoms with E-state index in [0.29, 0.717) is 6.54 Å². The van der Waals surface area contributed by atoms with Crippen LogP contribution >= 0.6 is 0 Å². The lowest BCUT2D eigenvalue weighted by molar-refractivity contribution is 0.0506. The van der Waals surface area contributed by atoms with Crippen molar-refractivity contribution in [3.8, 4) is 0 Å². The van der Waals surface area contributed by atoms with Crippen molar-refractivity contribution in [1.82, 2.24) is 24.5 Å². The molecule has 0 bridgehead atoms. The molecule has 108 valence electrons. The minimum atomic E-state index is -2.85. The van der Waals surface area contributed by atoms with Crippen LogP contribution < -0.4 is 0 Å². The number of rotatable bonds is 6. The molecule has 0 aliphatic carbocycles. The van der Waals surface area contributed by atoms with E-state index in [0.717, 1.165) is 4.68 Å². The van der Waals surface area contributed by atoms with Gasteiger partial charge in [0.05, 0.1) is 19.5 Å². The third-order valence-electron chi connectivity index (χ3n) is 2.58. The Labute approximate surface area is 113 Å². The second kappa shape index (κ2) is 6.22. The fourth-order valence-corrected chi connectivity index (χ4v) is 1.68. The summed E-state index contributed by atoms with van der Waals surface area (Å²) in [5.74, 6) is -0.892. The fourth-order valence-electron chi connectivity index (χ4n) is 1.68. The first-order valence-electron chi connectivity index (χ1n) is 5.97. The Morgan fingerprint density at radius 1 is 1.45 bits per heavy atom. The van der Waals surface area contributed by atoms with E-state index in [9.17, 15) is 13.6 Å². The molecule has 0 spiro atoms. The number of hydrogen-bond donors (Lipinski definition) is 0. The first-order valence-corrected chi connectivity index (χ1v) is 5.97. The number of halogens is 2. The zero-order valence-electron chi connectivity index (χ0n) is 10.7. The Morgan fingerprint density at radius 2 is 2.25 bits per heavy atom. The molecule has 0 unspecified atom stereocenters. The Morgan fingerprint density at radius 3 is 2.85 bits per heavy atom. The molecule has 0 aromatic carbocycles. The van der Waals surface area contributed by atoms with Crippen LogP contribution in [0.25, 0.3) is 0 Å². The van der Waals surface area contributed by atoms with E-state index in [2.05, 4.69) is 20.0 Å². The highest BCUT2D eigenvalue weighted by molar-refractivity contribution is 5.88. The van der Waals surface area contributed by atoms with E-state index < -0.39 is 23.8 Å². The van der Waals surface area contributed by atoms with Crippen LogP contribution in [-0.2, 0) is 17.8 Å². The number of carbonyl (C=O) groups excluding carboxylic acids is 1. The van der Waals surface area contributed by atoms with Crippen molar-refractivity contribution in [3.63, 3.8) is 0 Å². The van der Waals surface area contributed by atoms with Gasteiger partial charge in [0.1, 0.15) is 5.69 Å². The average molecular weight is 285 g/mol. The average Bonchev–Trinajstić information content (AvgIpc) is 3.05. The molecule has 0 N–H and O–H groups in total. The highest BCUT2D eigenvalue weighted by atomic mass is 19.3. The zero-order chi connectivity index (χ0) is 14.5. The molecule has 20 heavy (non-hydrogen) atoms. The zero-order valence-corrected chi connectivity index (χ0v) is 10.7. The quantitative estimate of drug-likeness (QED) is 0.748. The molecule has 7 nitrogen and oxygen atoms in total. The van der Waals surface area contributed by atoms with E-state index >= 15 is 0 Å². The topological polar surface area (TPSA) is 74.8 Å². The van der Waals surface area contributed by atoms with Crippen molar-refractivity contribution in [3.05, 3.63) is 30.1 Å². The molecule has 0 saturated carbocycles. The van der Waals surface area contributed by atoms with Crippen LogP contribution in [0.3, 0.4) is 0 Å². The number of aromatic nitrogens is 5. The molecule has 9 heteroatoms. The van der Waals surface area contributed by atoms with Gasteiger partial charge < -0.3 is 9.30 Å². The van der Waals surface area contributed by atoms with Crippen LogP contribution in [0, 0.1) is 0 Å². The van der Waals surface area contributed by atoms with Crippen molar-refractivity contribution in [2.75, 3.05) is 6.61 Å². The number of esters is 1. The minimum absolute atomic E-state index is 0.0867. The number of alkyl halides is 2. The first kappa shape index (κ1) is 14.1. The van der Waals surface area contributed by atoms with Crippen molar-refractivity contribution in [2.24, 2.45) is 0 Å². The minimum Gasteiger partial charge on any atom is -0.461 e. The summed E-state index contributed by atoms with van der Waals surface area (Å²) in [4.78, 5) is 15.4. The van der Waals surface area contributed by atoms with Crippen molar-refractivity contribution >= 4 is 5.97 Å². The third-order valence-corrected chi connectivity index (χ3v) is 2.58. The summed E-state index contributed by atoms with van der Waals surface area (Å²) >= 11 is 0. The molecule has 0 fully saturated rings. The van der Waals surface area contributed by atoms with Crippen LogP contribution in [0.4, 0.5) is 8.78 Å². The van der Waals surface area contributed by atoms with Gasteiger partial charge in [-0.2, -0.15) is 0 Å². The van der Waals surface area contributed by atoms with Gasteiger partial charge >= 0.3 is 5.97 Å². The SMILES string of the molecule is CCOC(=O)c1nnn(CCn2ccnc2)c1C(F)F. The lowest BCUT2D eigenvalue weighted by Gasteiger charge is -2.07. The molecule has 2 heterocycles. The summed E-state index contributed by atoms with van der Waals surface area (Å²) in [5.41, 5.74) is -0.962. The maximum absolute atomic E-state index is 13.1. The number of aryl methyl sites for hydroxylation is 2. The van der Waals surface area contributed by atoms with Crippen LogP contribution in [0.15, 0.2) is 18.7 Å². The number of carbonyl (C=O) groups is 1. The molecule has 0 amide bonds. The second-order valence-corrected chi connectivity index (χ2v) is 3.87. The fraction of sp³-hybridized carbons (Fsp3) is 0.455. The van der Waals surface area contributed by atoms with Gasteiger partial charge in [-0.05, 0) is 6.92 Å². The number of nitrogens with zero attached hydrogens (tertiary/aromatic N) is 5. The smallest absolute Gasteiger partial charge is 0.361 e. The molecule has 0 aliphatic rings. The van der Waals surface area contributed by atoms with Crippen LogP contribution in [0.5, 0.6) is 0 Å². The molecule has 2 aromatic rings. The van der Waals surface area contributed by atoms with Gasteiger partial charge in [0.15, 0.2) is 5.69 Å². The molecule has 0 radical (unpaired) electrons. The summed E-state index contributed by atoms with van der Waals surface area (Å²) in [6.45, 7) is 2.22. The lowest BCUT2D eigenvalue weighted by Crippen LogP contribution is -2.14. The number of hydrogen-bond acceptors (Lipinski definition) is 5. The molecule has 0 aliphatic heterocycles. The Kier molecular flexibility index (Phi) is 4.38. The van der Waals surface area contributed by atoms with Gasteiger partial charge in [0.25, 0.3) is 6.43 Å². The maximum Gasteiger partial charge on any atom is 0.361 e. The van der Waals surface area contributed by atoms with Gasteiger partial charge in [0.2, 0.25) is 0 Å². The van der Waals surface area contributed by atoms with Gasteiger partial charge in [-0.3, -0.25) is 0 Å². The van der Waals surface area contributed by atoms with Crippen molar-refractivity contribution in [2.45, 2.75) is 26.4 Å². The summed E-state index contributed by atoms with van der Waals surface area (Å²) < 4.78 is 33.5. The van der Waals surface area contributed by atoms with E-state index in [1.807, 2.05) is 0 Å². The van der Waals surface area contributed by atoms with Crippen LogP contribution in [-0.4, -0.2) is 37.1 Å². The normalized spacial score (nSPS) is 11.0. The number of imidazole rings is 1. The van der Waals surface area contributed by atoms with Gasteiger partial charge in [-0.15, -0.1) is 5.10 Å². The van der Waals surface area contributed by atoms with Gasteiger partial charge in [0, 0.05) is 18.9 Å². The van der Waals surface area contributed by atoms with Gasteiger partial charge in [-0.1, -0.05) is 5.21 Å². The molecule has 2 aromatic heterocycles. The standard InChI is InChI=1S/C11H13F2N5O2/c1-2-20-11(19)8-9(10(12)13)18(16-15-8)6-5-17-4-3-14-7-17/h3-4,7,10H,2,5-6H2,1H3. The Hall–Kier alpha value is -2.32. The summed E-state index contributed by atoms with van der Waals surface area (Å²) in [5, 5.41) is 7.08. The molecule has 2 rings (SSSR count). The Bertz CT molecular complexity index is 567. The van der Waals surface area contributed by atoms with Crippen molar-refractivity contribution < 1.29 is 18.3 Å². The molecule has 0 atom stereocenters. The summed E-state index contributed by atoms with van der Waals surface area (Å²) in [7, 11) is 0. The second-order valence-electron chi connectivity index (χ2n) is 3.87. The van der Waals surface area contributed by atoms with Crippen LogP contribution in [0.2, 0.25) is 0 Å². The predicted molar refractivity (Wildman–Crippen MR) is 63.2 cm³/mol. The first-order chi connectivity index (χ1) is 9.63. The van der Waals surface area contributed by atoms with E-state index in [4.69, 9.17) is 0 Å². The largest absolute Gasteiger partial charge is 0.461 e. The van der Waals surface area contributed by atoms with E-state index in [1.165, 1.54) is 0 Å². The number of ether oxygens (including phenoxy) is 1. The third kappa shape index (κ3) is 2.98. The van der Waals surface area contributed by atoms with Crippen molar-refractivity contribution in [1.29, 1.82) is 0 Å². The molecular formula is C11H13F2N5O2. The van der Waals surface area contributed by atoms with E-state index in [-0.39, 0.29) is 13.2 Å². The summed E-state index contributed by atoms with van der Waals surface area (Å²) in [6, 6.07) is 0.